The molecule has 0 aliphatic carbocycles. The molecule has 0 spiro atoms. The predicted octanol–water partition coefficient (Wildman–Crippen LogP) is -1.40. The van der Waals surface area contributed by atoms with Gasteiger partial charge in [-0.2, -0.15) is 5.11 Å². The molecule has 0 amide bonds. The van der Waals surface area contributed by atoms with Crippen molar-refractivity contribution in [3.8, 4) is 5.75 Å². The first-order valence-electron chi connectivity index (χ1n) is 7.43. The fraction of sp³-hybridized carbons (Fsp3) is 0.222. The summed E-state index contributed by atoms with van der Waals surface area (Å²) in [5.74, 6) is -0.995. The molecule has 132 valence electrons. The second-order valence-corrected chi connectivity index (χ2v) is 5.02. The summed E-state index contributed by atoms with van der Waals surface area (Å²) in [4.78, 5) is 22.3. The maximum atomic E-state index is 12.1. The van der Waals surface area contributed by atoms with E-state index in [9.17, 15) is 14.7 Å². The van der Waals surface area contributed by atoms with E-state index in [1.807, 2.05) is 20.2 Å². The number of carboxylic acid groups (broad SMARTS) is 1. The molecule has 0 aromatic heterocycles. The van der Waals surface area contributed by atoms with Crippen LogP contribution >= 0.6 is 0 Å². The Morgan fingerprint density at radius 2 is 1.54 bits per heavy atom. The topological polar surface area (TPSA) is 94.4 Å². The second kappa shape index (κ2) is 13.0. The quantitative estimate of drug-likeness (QED) is 0.271. The van der Waals surface area contributed by atoms with Crippen LogP contribution in [0.1, 0.15) is 15.9 Å². The minimum Gasteiger partial charge on any atom is -0.546 e. The molecular formula is C18H20N3NaO4. The van der Waals surface area contributed by atoms with Crippen molar-refractivity contribution >= 4 is 11.8 Å². The van der Waals surface area contributed by atoms with Crippen molar-refractivity contribution in [2.75, 3.05) is 27.7 Å². The molecule has 0 fully saturated rings. The molecule has 26 heavy (non-hydrogen) atoms. The minimum absolute atomic E-state index is 0. The molecule has 0 radical (unpaired) electrons. The number of ketones is 1. The smallest absolute Gasteiger partial charge is 0.546 e. The third-order valence-electron chi connectivity index (χ3n) is 2.78. The average Bonchev–Trinajstić information content (AvgIpc) is 2.61. The van der Waals surface area contributed by atoms with Gasteiger partial charge in [0.15, 0.2) is 5.78 Å². The van der Waals surface area contributed by atoms with Crippen LogP contribution in [0.25, 0.3) is 0 Å². The first kappa shape index (κ1) is 23.8. The number of benzene rings is 2. The number of rotatable bonds is 6. The van der Waals surface area contributed by atoms with Crippen LogP contribution in [0, 0.1) is 0 Å². The number of nitrogens with zero attached hydrogens (tertiary/aromatic N) is 3. The van der Waals surface area contributed by atoms with E-state index in [-0.39, 0.29) is 35.3 Å². The Balaban J connectivity index is 0.000000777. The molecular weight excluding hydrogens is 345 g/mol. The van der Waals surface area contributed by atoms with Crippen molar-refractivity contribution in [3.05, 3.63) is 65.7 Å². The Hall–Kier alpha value is -2.22. The van der Waals surface area contributed by atoms with Gasteiger partial charge in [0.1, 0.15) is 12.4 Å². The van der Waals surface area contributed by atoms with Crippen molar-refractivity contribution in [1.82, 2.24) is 5.01 Å². The van der Waals surface area contributed by atoms with E-state index < -0.39 is 12.6 Å². The van der Waals surface area contributed by atoms with Gasteiger partial charge in [-0.15, -0.1) is 0 Å². The van der Waals surface area contributed by atoms with E-state index in [0.29, 0.717) is 16.9 Å². The van der Waals surface area contributed by atoms with Gasteiger partial charge in [0, 0.05) is 25.2 Å². The largest absolute Gasteiger partial charge is 1.00 e. The van der Waals surface area contributed by atoms with Gasteiger partial charge >= 0.3 is 29.6 Å². The van der Waals surface area contributed by atoms with E-state index in [4.69, 9.17) is 4.74 Å². The molecule has 2 aromatic rings. The van der Waals surface area contributed by atoms with Crippen LogP contribution in [0.4, 0.5) is 0 Å². The summed E-state index contributed by atoms with van der Waals surface area (Å²) in [6.45, 7) is -0.508. The standard InChI is InChI=1S/C15H12O4.C3H9N3.Na/c16-14(17)10-19-13-8-6-12(7-9-13)15(18)11-4-2-1-3-5-11;1-4-5-6(2)3;/h1-9H,10H2,(H,16,17);1-3H3;/q;;+1/p-1. The van der Waals surface area contributed by atoms with E-state index in [0.717, 1.165) is 0 Å². The molecule has 0 atom stereocenters. The maximum absolute atomic E-state index is 12.1. The molecule has 0 heterocycles. The molecule has 0 unspecified atom stereocenters. The Kier molecular flexibility index (Phi) is 11.9. The van der Waals surface area contributed by atoms with Crippen molar-refractivity contribution in [3.63, 3.8) is 0 Å². The molecule has 7 nitrogen and oxygen atoms in total. The molecule has 0 aliphatic heterocycles. The summed E-state index contributed by atoms with van der Waals surface area (Å²) in [5, 5.41) is 19.0. The Morgan fingerprint density at radius 1 is 1.00 bits per heavy atom. The third kappa shape index (κ3) is 9.31. The van der Waals surface area contributed by atoms with Gasteiger partial charge in [0.05, 0.1) is 13.0 Å². The van der Waals surface area contributed by atoms with Gasteiger partial charge in [-0.1, -0.05) is 35.6 Å². The zero-order chi connectivity index (χ0) is 18.7. The first-order chi connectivity index (χ1) is 11.9. The SMILES string of the molecule is CN=NN(C)C.O=C([O-])COc1ccc(C(=O)c2ccccc2)cc1.[Na+]. The molecule has 0 saturated heterocycles. The summed E-state index contributed by atoms with van der Waals surface area (Å²) in [6, 6.07) is 15.2. The molecule has 0 N–H and O–H groups in total. The Bertz CT molecular complexity index is 704. The van der Waals surface area contributed by atoms with Gasteiger partial charge < -0.3 is 14.6 Å². The zero-order valence-corrected chi connectivity index (χ0v) is 17.4. The molecule has 2 aromatic carbocycles. The summed E-state index contributed by atoms with van der Waals surface area (Å²) >= 11 is 0. The molecule has 0 bridgehead atoms. The van der Waals surface area contributed by atoms with Crippen LogP contribution < -0.4 is 39.4 Å². The van der Waals surface area contributed by atoms with Gasteiger partial charge in [-0.05, 0) is 24.3 Å². The van der Waals surface area contributed by atoms with E-state index in [1.54, 1.807) is 60.6 Å². The summed E-state index contributed by atoms with van der Waals surface area (Å²) in [5.41, 5.74) is 1.12. The van der Waals surface area contributed by atoms with E-state index >= 15 is 0 Å². The van der Waals surface area contributed by atoms with Crippen LogP contribution in [0.2, 0.25) is 0 Å². The predicted molar refractivity (Wildman–Crippen MR) is 91.3 cm³/mol. The minimum atomic E-state index is -1.29. The van der Waals surface area contributed by atoms with Crippen molar-refractivity contribution in [2.45, 2.75) is 0 Å². The van der Waals surface area contributed by atoms with Crippen molar-refractivity contribution in [1.29, 1.82) is 0 Å². The number of carbonyl (C=O) groups is 2. The molecule has 0 aliphatic rings. The van der Waals surface area contributed by atoms with Gasteiger partial charge in [0.2, 0.25) is 0 Å². The third-order valence-corrected chi connectivity index (χ3v) is 2.78. The van der Waals surface area contributed by atoms with Crippen LogP contribution in [-0.2, 0) is 4.79 Å². The second-order valence-electron chi connectivity index (χ2n) is 5.02. The van der Waals surface area contributed by atoms with Gasteiger partial charge in [0.25, 0.3) is 0 Å². The maximum Gasteiger partial charge on any atom is 1.00 e. The number of hydrogen-bond acceptors (Lipinski definition) is 6. The van der Waals surface area contributed by atoms with Gasteiger partial charge in [-0.3, -0.25) is 9.80 Å². The van der Waals surface area contributed by atoms with Crippen LogP contribution in [0.15, 0.2) is 64.9 Å². The Labute approximate surface area is 175 Å². The van der Waals surface area contributed by atoms with E-state index in [2.05, 4.69) is 10.3 Å². The number of aliphatic carboxylic acids is 1. The van der Waals surface area contributed by atoms with Gasteiger partial charge in [-0.25, -0.2) is 0 Å². The monoisotopic (exact) mass is 365 g/mol. The fourth-order valence-electron chi connectivity index (χ4n) is 1.78. The van der Waals surface area contributed by atoms with E-state index in [1.165, 1.54) is 0 Å². The summed E-state index contributed by atoms with van der Waals surface area (Å²) in [7, 11) is 5.29. The fourth-order valence-corrected chi connectivity index (χ4v) is 1.78. The number of hydrogen-bond donors (Lipinski definition) is 0. The first-order valence-corrected chi connectivity index (χ1v) is 7.43. The van der Waals surface area contributed by atoms with Crippen LogP contribution in [-0.4, -0.2) is 44.5 Å². The summed E-state index contributed by atoms with van der Waals surface area (Å²) in [6.07, 6.45) is 0. The normalized spacial score (nSPS) is 9.50. The van der Waals surface area contributed by atoms with Crippen LogP contribution in [0.5, 0.6) is 5.75 Å². The molecule has 8 heteroatoms. The zero-order valence-electron chi connectivity index (χ0n) is 15.4. The molecule has 2 rings (SSSR count). The number of carbonyl (C=O) groups excluding carboxylic acids is 2. The van der Waals surface area contributed by atoms with Crippen molar-refractivity contribution in [2.24, 2.45) is 10.3 Å². The van der Waals surface area contributed by atoms with Crippen LogP contribution in [0.3, 0.4) is 0 Å². The van der Waals surface area contributed by atoms with Crippen molar-refractivity contribution < 1.29 is 49.0 Å². The number of ether oxygens (including phenoxy) is 1. The Morgan fingerprint density at radius 3 is 1.96 bits per heavy atom. The number of carboxylic acids is 1. The molecule has 0 saturated carbocycles. The summed E-state index contributed by atoms with van der Waals surface area (Å²) < 4.78 is 4.93. The average molecular weight is 365 g/mol.